The minimum absolute atomic E-state index is 0.0487. The number of hydrogen-bond donors (Lipinski definition) is 0. The summed E-state index contributed by atoms with van der Waals surface area (Å²) in [5.74, 6) is -0.0487. The first-order chi connectivity index (χ1) is 9.38. The first kappa shape index (κ1) is 16.3. The Labute approximate surface area is 147 Å². The van der Waals surface area contributed by atoms with Crippen molar-refractivity contribution in [3.63, 3.8) is 0 Å². The van der Waals surface area contributed by atoms with E-state index in [1.807, 2.05) is 6.07 Å². The molecule has 0 radical (unpaired) electrons. The van der Waals surface area contributed by atoms with Gasteiger partial charge in [-0.3, -0.25) is 4.79 Å². The average molecular weight is 458 g/mol. The van der Waals surface area contributed by atoms with E-state index < -0.39 is 0 Å². The maximum Gasteiger partial charge on any atom is 0.264 e. The summed E-state index contributed by atoms with van der Waals surface area (Å²) in [5.41, 5.74) is 0.863. The smallest absolute Gasteiger partial charge is 0.264 e. The van der Waals surface area contributed by atoms with E-state index in [1.165, 1.54) is 11.3 Å². The standard InChI is InChI=1S/C13H9Br2Cl2NOS/c1-18(6-7-2-3-8(16)4-10(7)17)13(19)11-5-9(14)12(15)20-11/h2-5H,6H2,1H3. The molecular formula is C13H9Br2Cl2NOS. The molecule has 0 saturated heterocycles. The SMILES string of the molecule is CN(Cc1ccc(Cl)cc1Cl)C(=O)c1cc(Br)c(Br)s1. The van der Waals surface area contributed by atoms with E-state index in [2.05, 4.69) is 31.9 Å². The second-order valence-corrected chi connectivity index (χ2v) is 8.20. The van der Waals surface area contributed by atoms with E-state index in [4.69, 9.17) is 23.2 Å². The number of rotatable bonds is 3. The van der Waals surface area contributed by atoms with Crippen molar-refractivity contribution in [1.82, 2.24) is 4.90 Å². The highest BCUT2D eigenvalue weighted by molar-refractivity contribution is 9.13. The van der Waals surface area contributed by atoms with Crippen LogP contribution < -0.4 is 0 Å². The third-order valence-electron chi connectivity index (χ3n) is 2.63. The molecule has 0 unspecified atom stereocenters. The van der Waals surface area contributed by atoms with E-state index >= 15 is 0 Å². The summed E-state index contributed by atoms with van der Waals surface area (Å²) >= 11 is 20.1. The zero-order valence-corrected chi connectivity index (χ0v) is 15.8. The highest BCUT2D eigenvalue weighted by atomic mass is 79.9. The summed E-state index contributed by atoms with van der Waals surface area (Å²) in [6.07, 6.45) is 0. The van der Waals surface area contributed by atoms with Gasteiger partial charge in [-0.05, 0) is 55.6 Å². The molecule has 0 aliphatic heterocycles. The third kappa shape index (κ3) is 3.77. The zero-order valence-electron chi connectivity index (χ0n) is 10.3. The number of hydrogen-bond acceptors (Lipinski definition) is 2. The quantitative estimate of drug-likeness (QED) is 0.566. The molecule has 0 saturated carbocycles. The Balaban J connectivity index is 2.15. The van der Waals surface area contributed by atoms with Crippen LogP contribution in [0.4, 0.5) is 0 Å². The van der Waals surface area contributed by atoms with Crippen LogP contribution in [-0.2, 0) is 6.54 Å². The highest BCUT2D eigenvalue weighted by Crippen LogP contribution is 2.33. The van der Waals surface area contributed by atoms with Crippen molar-refractivity contribution in [3.8, 4) is 0 Å². The van der Waals surface area contributed by atoms with E-state index in [-0.39, 0.29) is 5.91 Å². The number of nitrogens with zero attached hydrogens (tertiary/aromatic N) is 1. The Morgan fingerprint density at radius 2 is 2.00 bits per heavy atom. The maximum absolute atomic E-state index is 12.3. The van der Waals surface area contributed by atoms with Gasteiger partial charge in [-0.1, -0.05) is 29.3 Å². The molecule has 0 bridgehead atoms. The van der Waals surface area contributed by atoms with Gasteiger partial charge in [-0.25, -0.2) is 0 Å². The monoisotopic (exact) mass is 455 g/mol. The van der Waals surface area contributed by atoms with Crippen molar-refractivity contribution >= 4 is 72.3 Å². The molecule has 1 heterocycles. The van der Waals surface area contributed by atoms with Gasteiger partial charge >= 0.3 is 0 Å². The van der Waals surface area contributed by atoms with Gasteiger partial charge in [0, 0.05) is 28.1 Å². The van der Waals surface area contributed by atoms with Gasteiger partial charge in [0.1, 0.15) is 0 Å². The summed E-state index contributed by atoms with van der Waals surface area (Å²) in [4.78, 5) is 14.6. The lowest BCUT2D eigenvalue weighted by molar-refractivity contribution is 0.0790. The summed E-state index contributed by atoms with van der Waals surface area (Å²) in [6, 6.07) is 7.07. The largest absolute Gasteiger partial charge is 0.337 e. The molecule has 0 aliphatic rings. The van der Waals surface area contributed by atoms with Gasteiger partial charge < -0.3 is 4.90 Å². The van der Waals surface area contributed by atoms with E-state index in [9.17, 15) is 4.79 Å². The van der Waals surface area contributed by atoms with Crippen LogP contribution in [0.3, 0.4) is 0 Å². The lowest BCUT2D eigenvalue weighted by Gasteiger charge is -2.17. The van der Waals surface area contributed by atoms with Crippen LogP contribution in [0.15, 0.2) is 32.5 Å². The van der Waals surface area contributed by atoms with E-state index in [1.54, 1.807) is 30.1 Å². The summed E-state index contributed by atoms with van der Waals surface area (Å²) in [5, 5.41) is 1.14. The predicted molar refractivity (Wildman–Crippen MR) is 92.0 cm³/mol. The number of carbonyl (C=O) groups excluding carboxylic acids is 1. The fraction of sp³-hybridized carbons (Fsp3) is 0.154. The summed E-state index contributed by atoms with van der Waals surface area (Å²) in [6.45, 7) is 0.433. The Morgan fingerprint density at radius 3 is 2.55 bits per heavy atom. The molecule has 0 N–H and O–H groups in total. The number of thiophene rings is 1. The first-order valence-electron chi connectivity index (χ1n) is 5.52. The van der Waals surface area contributed by atoms with Crippen LogP contribution in [0, 0.1) is 0 Å². The lowest BCUT2D eigenvalue weighted by atomic mass is 10.2. The fourth-order valence-electron chi connectivity index (χ4n) is 1.62. The normalized spacial score (nSPS) is 10.7. The minimum atomic E-state index is -0.0487. The topological polar surface area (TPSA) is 20.3 Å². The average Bonchev–Trinajstić information content (AvgIpc) is 2.72. The molecule has 0 aliphatic carbocycles. The van der Waals surface area contributed by atoms with Gasteiger partial charge in [-0.2, -0.15) is 0 Å². The number of halogens is 4. The molecule has 2 nitrogen and oxygen atoms in total. The lowest BCUT2D eigenvalue weighted by Crippen LogP contribution is -2.25. The molecule has 2 rings (SSSR count). The first-order valence-corrected chi connectivity index (χ1v) is 8.68. The minimum Gasteiger partial charge on any atom is -0.337 e. The molecular weight excluding hydrogens is 449 g/mol. The van der Waals surface area contributed by atoms with Gasteiger partial charge in [0.15, 0.2) is 0 Å². The molecule has 0 fully saturated rings. The van der Waals surface area contributed by atoms with Crippen LogP contribution in [-0.4, -0.2) is 17.9 Å². The molecule has 2 aromatic rings. The van der Waals surface area contributed by atoms with Crippen LogP contribution >= 0.6 is 66.4 Å². The van der Waals surface area contributed by atoms with Gasteiger partial charge in [0.2, 0.25) is 0 Å². The molecule has 0 atom stereocenters. The van der Waals surface area contributed by atoms with Crippen molar-refractivity contribution in [2.75, 3.05) is 7.05 Å². The Kier molecular flexibility index (Phi) is 5.54. The van der Waals surface area contributed by atoms with Crippen molar-refractivity contribution in [2.24, 2.45) is 0 Å². The van der Waals surface area contributed by atoms with Gasteiger partial charge in [0.05, 0.1) is 8.66 Å². The Bertz CT molecular complexity index is 640. The van der Waals surface area contributed by atoms with Gasteiger partial charge in [0.25, 0.3) is 5.91 Å². The molecule has 0 spiro atoms. The van der Waals surface area contributed by atoms with Crippen LogP contribution in [0.25, 0.3) is 0 Å². The molecule has 20 heavy (non-hydrogen) atoms. The highest BCUT2D eigenvalue weighted by Gasteiger charge is 2.17. The van der Waals surface area contributed by atoms with Gasteiger partial charge in [-0.15, -0.1) is 11.3 Å². The molecule has 1 aromatic heterocycles. The summed E-state index contributed by atoms with van der Waals surface area (Å²) < 4.78 is 1.78. The van der Waals surface area contributed by atoms with Crippen LogP contribution in [0.5, 0.6) is 0 Å². The maximum atomic E-state index is 12.3. The van der Waals surface area contributed by atoms with E-state index in [0.717, 1.165) is 13.8 Å². The zero-order chi connectivity index (χ0) is 14.9. The second kappa shape index (κ2) is 6.79. The van der Waals surface area contributed by atoms with Crippen molar-refractivity contribution in [2.45, 2.75) is 6.54 Å². The Morgan fingerprint density at radius 1 is 1.30 bits per heavy atom. The Hall–Kier alpha value is -0.0700. The number of amides is 1. The van der Waals surface area contributed by atoms with E-state index in [0.29, 0.717) is 21.5 Å². The van der Waals surface area contributed by atoms with Crippen LogP contribution in [0.1, 0.15) is 15.2 Å². The second-order valence-electron chi connectivity index (χ2n) is 4.13. The predicted octanol–water partition coefficient (Wildman–Crippen LogP) is 5.85. The van der Waals surface area contributed by atoms with Crippen LogP contribution in [0.2, 0.25) is 10.0 Å². The molecule has 1 aromatic carbocycles. The summed E-state index contributed by atoms with van der Waals surface area (Å²) in [7, 11) is 1.74. The van der Waals surface area contributed by atoms with Crippen molar-refractivity contribution < 1.29 is 4.79 Å². The van der Waals surface area contributed by atoms with Crippen molar-refractivity contribution in [1.29, 1.82) is 0 Å². The molecule has 7 heteroatoms. The number of carbonyl (C=O) groups is 1. The molecule has 106 valence electrons. The third-order valence-corrected chi connectivity index (χ3v) is 6.46. The molecule has 1 amide bonds. The number of benzene rings is 1. The van der Waals surface area contributed by atoms with Crippen molar-refractivity contribution in [3.05, 3.63) is 53.0 Å². The fourth-order valence-corrected chi connectivity index (χ4v) is 4.12.